The third-order valence-corrected chi connectivity index (χ3v) is 15.0. The van der Waals surface area contributed by atoms with Crippen LogP contribution < -0.4 is 4.90 Å². The largest absolute Gasteiger partial charge is 0.310 e. The van der Waals surface area contributed by atoms with Gasteiger partial charge >= 0.3 is 0 Å². The molecule has 0 aliphatic heterocycles. The molecule has 3 saturated carbocycles. The Labute approximate surface area is 351 Å². The Bertz CT molecular complexity index is 2630. The van der Waals surface area contributed by atoms with Crippen molar-refractivity contribution in [1.82, 2.24) is 0 Å². The van der Waals surface area contributed by atoms with E-state index >= 15 is 0 Å². The van der Waals surface area contributed by atoms with Crippen LogP contribution in [0.25, 0.3) is 44.5 Å². The first kappa shape index (κ1) is 36.4. The number of hydrogen-bond acceptors (Lipinski definition) is 1. The number of fused-ring (bicyclic) bond motifs is 5. The molecule has 0 saturated heterocycles. The third-order valence-electron chi connectivity index (χ3n) is 15.0. The van der Waals surface area contributed by atoms with Gasteiger partial charge in [0.15, 0.2) is 0 Å². The summed E-state index contributed by atoms with van der Waals surface area (Å²) in [5.74, 6) is 3.11. The number of nitrogens with zero attached hydrogens (tertiary/aromatic N) is 1. The van der Waals surface area contributed by atoms with Gasteiger partial charge in [-0.25, -0.2) is 0 Å². The van der Waals surface area contributed by atoms with E-state index in [2.05, 4.69) is 183 Å². The fraction of sp³-hybridized carbons (Fsp3) is 0.276. The van der Waals surface area contributed by atoms with E-state index in [0.717, 1.165) is 11.8 Å². The summed E-state index contributed by atoms with van der Waals surface area (Å²) in [6.45, 7) is 4.85. The molecule has 0 aromatic heterocycles. The lowest BCUT2D eigenvalue weighted by molar-refractivity contribution is 0.420. The molecule has 4 aliphatic rings. The summed E-state index contributed by atoms with van der Waals surface area (Å²) in [6.07, 6.45) is 12.2. The Hall–Kier alpha value is -5.66. The van der Waals surface area contributed by atoms with Gasteiger partial charge in [-0.05, 0) is 153 Å². The molecule has 0 radical (unpaired) electrons. The molecular weight excluding hydrogens is 711 g/mol. The summed E-state index contributed by atoms with van der Waals surface area (Å²) in [5.41, 5.74) is 19.7. The quantitative estimate of drug-likeness (QED) is 0.149. The monoisotopic (exact) mass is 765 g/mol. The number of rotatable bonds is 8. The number of anilines is 3. The lowest BCUT2D eigenvalue weighted by Crippen LogP contribution is -2.17. The standard InChI is InChI=1S/C58H55N/c1-58(2)54-27-15-26-50(41-18-8-4-9-19-41)57(54)53-37-52(42-20-10-5-11-21-42)56(38-55(53)58)59(46-32-30-43(31-33-46)51-35-39-28-29-45(51)34-39)47-23-14-22-44(36-47)49-25-13-12-24-48(49)40-16-6-3-7-17-40/h4-5,8-15,18-27,30-33,36-40,45,51H,3,6-7,16-17,28-29,34-35H2,1-2H3. The minimum absolute atomic E-state index is 0.183. The first-order valence-corrected chi connectivity index (χ1v) is 22.5. The molecular formula is C58H55N. The summed E-state index contributed by atoms with van der Waals surface area (Å²) < 4.78 is 0. The Balaban J connectivity index is 1.12. The normalized spacial score (nSPS) is 20.3. The zero-order chi connectivity index (χ0) is 39.5. The van der Waals surface area contributed by atoms with E-state index in [9.17, 15) is 0 Å². The first-order valence-electron chi connectivity index (χ1n) is 22.5. The van der Waals surface area contributed by atoms with Crippen LogP contribution in [0.5, 0.6) is 0 Å². The van der Waals surface area contributed by atoms with Crippen molar-refractivity contribution in [3.05, 3.63) is 186 Å². The third kappa shape index (κ3) is 6.37. The fourth-order valence-corrected chi connectivity index (χ4v) is 12.0. The van der Waals surface area contributed by atoms with Crippen molar-refractivity contribution in [1.29, 1.82) is 0 Å². The molecule has 59 heavy (non-hydrogen) atoms. The van der Waals surface area contributed by atoms with Gasteiger partial charge in [0.1, 0.15) is 0 Å². The second-order valence-corrected chi connectivity index (χ2v) is 18.7. The van der Waals surface area contributed by atoms with Crippen molar-refractivity contribution in [3.8, 4) is 44.5 Å². The van der Waals surface area contributed by atoms with Crippen molar-refractivity contribution in [2.75, 3.05) is 4.90 Å². The smallest absolute Gasteiger partial charge is 0.0543 e. The van der Waals surface area contributed by atoms with E-state index in [4.69, 9.17) is 0 Å². The van der Waals surface area contributed by atoms with Crippen LogP contribution in [0, 0.1) is 11.8 Å². The zero-order valence-corrected chi connectivity index (χ0v) is 34.7. The van der Waals surface area contributed by atoms with Crippen molar-refractivity contribution >= 4 is 17.1 Å². The van der Waals surface area contributed by atoms with Gasteiger partial charge in [0.2, 0.25) is 0 Å². The molecule has 0 amide bonds. The van der Waals surface area contributed by atoms with Crippen LogP contribution in [0.2, 0.25) is 0 Å². The van der Waals surface area contributed by atoms with Gasteiger partial charge in [-0.15, -0.1) is 0 Å². The van der Waals surface area contributed by atoms with Gasteiger partial charge in [-0.1, -0.05) is 167 Å². The lowest BCUT2D eigenvalue weighted by atomic mass is 9.80. The van der Waals surface area contributed by atoms with E-state index in [0.29, 0.717) is 11.8 Å². The highest BCUT2D eigenvalue weighted by atomic mass is 15.1. The van der Waals surface area contributed by atoms with E-state index in [1.807, 2.05) is 0 Å². The maximum atomic E-state index is 2.58. The van der Waals surface area contributed by atoms with E-state index < -0.39 is 0 Å². The fourth-order valence-electron chi connectivity index (χ4n) is 12.0. The minimum atomic E-state index is -0.183. The van der Waals surface area contributed by atoms with Crippen molar-refractivity contribution in [2.45, 2.75) is 88.9 Å². The molecule has 4 aliphatic carbocycles. The van der Waals surface area contributed by atoms with Gasteiger partial charge in [0, 0.05) is 22.4 Å². The van der Waals surface area contributed by atoms with Crippen LogP contribution in [0.3, 0.4) is 0 Å². The Kier molecular flexibility index (Phi) is 9.18. The molecule has 11 rings (SSSR count). The number of hydrogen-bond donors (Lipinski definition) is 0. The summed E-state index contributed by atoms with van der Waals surface area (Å²) >= 11 is 0. The molecule has 1 nitrogen and oxygen atoms in total. The summed E-state index contributed by atoms with van der Waals surface area (Å²) in [4.78, 5) is 2.58. The van der Waals surface area contributed by atoms with Crippen LogP contribution in [0.1, 0.15) is 106 Å². The van der Waals surface area contributed by atoms with Crippen LogP contribution in [0.15, 0.2) is 164 Å². The highest BCUT2D eigenvalue weighted by molar-refractivity contribution is 5.99. The molecule has 292 valence electrons. The average molecular weight is 766 g/mol. The van der Waals surface area contributed by atoms with Gasteiger partial charge in [-0.2, -0.15) is 0 Å². The zero-order valence-electron chi connectivity index (χ0n) is 34.7. The van der Waals surface area contributed by atoms with Gasteiger partial charge in [-0.3, -0.25) is 0 Å². The van der Waals surface area contributed by atoms with Crippen molar-refractivity contribution < 1.29 is 0 Å². The highest BCUT2D eigenvalue weighted by Crippen LogP contribution is 2.57. The maximum Gasteiger partial charge on any atom is 0.0543 e. The molecule has 3 unspecified atom stereocenters. The predicted octanol–water partition coefficient (Wildman–Crippen LogP) is 16.4. The Morgan fingerprint density at radius 1 is 0.475 bits per heavy atom. The lowest BCUT2D eigenvalue weighted by Gasteiger charge is -2.31. The molecule has 7 aromatic carbocycles. The molecule has 0 spiro atoms. The van der Waals surface area contributed by atoms with Crippen LogP contribution in [-0.4, -0.2) is 0 Å². The van der Waals surface area contributed by atoms with Gasteiger partial charge in [0.05, 0.1) is 5.69 Å². The molecule has 0 heterocycles. The van der Waals surface area contributed by atoms with E-state index in [1.165, 1.54) is 142 Å². The SMILES string of the molecule is CC1(C)c2cc(N(c3ccc(C4CC5CCC4C5)cc3)c3cccc(-c4ccccc4C4CCCCC4)c3)c(-c3ccccc3)cc2-c2c(-c3ccccc3)cccc21. The van der Waals surface area contributed by atoms with Crippen LogP contribution in [-0.2, 0) is 5.41 Å². The predicted molar refractivity (Wildman–Crippen MR) is 249 cm³/mol. The minimum Gasteiger partial charge on any atom is -0.310 e. The highest BCUT2D eigenvalue weighted by Gasteiger charge is 2.41. The van der Waals surface area contributed by atoms with Crippen LogP contribution in [0.4, 0.5) is 17.1 Å². The summed E-state index contributed by atoms with van der Waals surface area (Å²) in [6, 6.07) is 62.6. The van der Waals surface area contributed by atoms with Crippen molar-refractivity contribution in [2.24, 2.45) is 11.8 Å². The summed E-state index contributed by atoms with van der Waals surface area (Å²) in [5, 5.41) is 0. The number of benzene rings is 7. The summed E-state index contributed by atoms with van der Waals surface area (Å²) in [7, 11) is 0. The van der Waals surface area contributed by atoms with Crippen molar-refractivity contribution in [3.63, 3.8) is 0 Å². The molecule has 1 heteroatoms. The van der Waals surface area contributed by atoms with Gasteiger partial charge < -0.3 is 4.90 Å². The van der Waals surface area contributed by atoms with E-state index in [1.54, 1.807) is 0 Å². The maximum absolute atomic E-state index is 2.58. The first-order chi connectivity index (χ1) is 29.0. The van der Waals surface area contributed by atoms with E-state index in [-0.39, 0.29) is 5.41 Å². The topological polar surface area (TPSA) is 3.24 Å². The Morgan fingerprint density at radius 2 is 1.15 bits per heavy atom. The molecule has 3 atom stereocenters. The molecule has 2 bridgehead atoms. The second-order valence-electron chi connectivity index (χ2n) is 18.7. The second kappa shape index (κ2) is 14.9. The van der Waals surface area contributed by atoms with Crippen LogP contribution >= 0.6 is 0 Å². The molecule has 0 N–H and O–H groups in total. The Morgan fingerprint density at radius 3 is 1.88 bits per heavy atom. The van der Waals surface area contributed by atoms with Gasteiger partial charge in [0.25, 0.3) is 0 Å². The molecule has 3 fully saturated rings. The average Bonchev–Trinajstić information content (AvgIpc) is 4.00. The molecule has 7 aromatic rings.